The van der Waals surface area contributed by atoms with Crippen LogP contribution in [0.15, 0.2) is 24.3 Å². The predicted molar refractivity (Wildman–Crippen MR) is 77.3 cm³/mol. The minimum Gasteiger partial charge on any atom is -0.465 e. The van der Waals surface area contributed by atoms with Crippen LogP contribution in [0.4, 0.5) is 0 Å². The van der Waals surface area contributed by atoms with E-state index in [9.17, 15) is 4.79 Å². The number of rotatable bonds is 3. The highest BCUT2D eigenvalue weighted by atomic mass is 16.5. The summed E-state index contributed by atoms with van der Waals surface area (Å²) < 4.78 is 4.72. The number of fused-ring (bicyclic) bond motifs is 2. The summed E-state index contributed by atoms with van der Waals surface area (Å²) in [5, 5.41) is 0. The van der Waals surface area contributed by atoms with Crippen molar-refractivity contribution in [2.45, 2.75) is 50.4 Å². The van der Waals surface area contributed by atoms with Crippen molar-refractivity contribution in [1.29, 1.82) is 0 Å². The molecule has 2 unspecified atom stereocenters. The summed E-state index contributed by atoms with van der Waals surface area (Å²) >= 11 is 0. The van der Waals surface area contributed by atoms with Crippen LogP contribution >= 0.6 is 0 Å². The summed E-state index contributed by atoms with van der Waals surface area (Å²) in [5.41, 5.74) is 7.97. The Bertz CT molecular complexity index is 472. The highest BCUT2D eigenvalue weighted by molar-refractivity contribution is 5.89. The molecule has 2 saturated heterocycles. The maximum Gasteiger partial charge on any atom is 0.337 e. The first-order valence-electron chi connectivity index (χ1n) is 7.36. The van der Waals surface area contributed by atoms with Crippen molar-refractivity contribution in [3.63, 3.8) is 0 Å². The monoisotopic (exact) mass is 274 g/mol. The number of hydrogen-bond acceptors (Lipinski definition) is 4. The number of nitrogens with zero attached hydrogens (tertiary/aromatic N) is 1. The number of carbonyl (C=O) groups is 1. The zero-order valence-electron chi connectivity index (χ0n) is 11.9. The number of methoxy groups -OCH3 is 1. The third-order valence-corrected chi connectivity index (χ3v) is 4.66. The van der Waals surface area contributed by atoms with Gasteiger partial charge in [-0.25, -0.2) is 4.79 Å². The standard InChI is InChI=1S/C16H22N2O2/c1-20-16(19)12-4-2-11(3-5-12)10-18-14-6-7-15(18)9-13(17)8-14/h2-5,13-15H,6-10,17H2,1H3. The van der Waals surface area contributed by atoms with E-state index in [1.807, 2.05) is 24.3 Å². The van der Waals surface area contributed by atoms with Crippen molar-refractivity contribution in [2.24, 2.45) is 5.73 Å². The Kier molecular flexibility index (Phi) is 3.76. The van der Waals surface area contributed by atoms with E-state index < -0.39 is 0 Å². The smallest absolute Gasteiger partial charge is 0.337 e. The van der Waals surface area contributed by atoms with E-state index in [1.165, 1.54) is 25.5 Å². The molecule has 4 heteroatoms. The lowest BCUT2D eigenvalue weighted by Crippen LogP contribution is -2.46. The molecule has 1 aromatic rings. The molecule has 2 bridgehead atoms. The van der Waals surface area contributed by atoms with Gasteiger partial charge in [0, 0.05) is 24.7 Å². The van der Waals surface area contributed by atoms with Gasteiger partial charge in [0.15, 0.2) is 0 Å². The molecule has 0 radical (unpaired) electrons. The third-order valence-electron chi connectivity index (χ3n) is 4.66. The fourth-order valence-corrected chi connectivity index (χ4v) is 3.65. The zero-order valence-corrected chi connectivity index (χ0v) is 11.9. The molecule has 3 rings (SSSR count). The number of esters is 1. The van der Waals surface area contributed by atoms with E-state index >= 15 is 0 Å². The van der Waals surface area contributed by atoms with Crippen molar-refractivity contribution >= 4 is 5.97 Å². The Morgan fingerprint density at radius 2 is 1.85 bits per heavy atom. The normalized spacial score (nSPS) is 29.4. The molecule has 0 spiro atoms. The van der Waals surface area contributed by atoms with Crippen LogP contribution in [0.5, 0.6) is 0 Å². The maximum atomic E-state index is 11.4. The molecule has 2 aliphatic heterocycles. The molecule has 2 heterocycles. The van der Waals surface area contributed by atoms with E-state index in [0.29, 0.717) is 23.7 Å². The topological polar surface area (TPSA) is 55.6 Å². The van der Waals surface area contributed by atoms with Gasteiger partial charge < -0.3 is 10.5 Å². The number of benzene rings is 1. The summed E-state index contributed by atoms with van der Waals surface area (Å²) in [4.78, 5) is 14.0. The summed E-state index contributed by atoms with van der Waals surface area (Å²) in [5.74, 6) is -0.277. The lowest BCUT2D eigenvalue weighted by atomic mass is 9.97. The van der Waals surface area contributed by atoms with Gasteiger partial charge in [0.05, 0.1) is 12.7 Å². The molecule has 1 aromatic carbocycles. The molecule has 2 fully saturated rings. The first-order valence-corrected chi connectivity index (χ1v) is 7.36. The van der Waals surface area contributed by atoms with Crippen molar-refractivity contribution in [3.05, 3.63) is 35.4 Å². The maximum absolute atomic E-state index is 11.4. The Morgan fingerprint density at radius 1 is 1.25 bits per heavy atom. The van der Waals surface area contributed by atoms with Crippen LogP contribution in [0.2, 0.25) is 0 Å². The highest BCUT2D eigenvalue weighted by Crippen LogP contribution is 2.36. The largest absolute Gasteiger partial charge is 0.465 e. The van der Waals surface area contributed by atoms with Crippen LogP contribution in [0.3, 0.4) is 0 Å². The van der Waals surface area contributed by atoms with E-state index in [-0.39, 0.29) is 5.97 Å². The minimum atomic E-state index is -0.277. The van der Waals surface area contributed by atoms with Crippen molar-refractivity contribution in [3.8, 4) is 0 Å². The fraction of sp³-hybridized carbons (Fsp3) is 0.562. The van der Waals surface area contributed by atoms with Crippen LogP contribution in [0, 0.1) is 0 Å². The second-order valence-electron chi connectivity index (χ2n) is 5.98. The van der Waals surface area contributed by atoms with Gasteiger partial charge in [0.2, 0.25) is 0 Å². The third kappa shape index (κ3) is 2.58. The predicted octanol–water partition coefficient (Wildman–Crippen LogP) is 1.93. The van der Waals surface area contributed by atoms with Gasteiger partial charge in [0.1, 0.15) is 0 Å². The molecule has 0 aliphatic carbocycles. The summed E-state index contributed by atoms with van der Waals surface area (Å²) in [6, 6.07) is 9.41. The second-order valence-corrected chi connectivity index (χ2v) is 5.98. The van der Waals surface area contributed by atoms with E-state index in [1.54, 1.807) is 0 Å². The van der Waals surface area contributed by atoms with E-state index in [4.69, 9.17) is 10.5 Å². The van der Waals surface area contributed by atoms with Gasteiger partial charge in [-0.15, -0.1) is 0 Å². The van der Waals surface area contributed by atoms with Crippen molar-refractivity contribution in [1.82, 2.24) is 4.90 Å². The molecule has 2 N–H and O–H groups in total. The van der Waals surface area contributed by atoms with Crippen LogP contribution in [0.25, 0.3) is 0 Å². The zero-order chi connectivity index (χ0) is 14.1. The molecular formula is C16H22N2O2. The van der Waals surface area contributed by atoms with Gasteiger partial charge >= 0.3 is 5.97 Å². The molecule has 4 nitrogen and oxygen atoms in total. The minimum absolute atomic E-state index is 0.277. The van der Waals surface area contributed by atoms with Crippen molar-refractivity contribution in [2.75, 3.05) is 7.11 Å². The average molecular weight is 274 g/mol. The van der Waals surface area contributed by atoms with Crippen LogP contribution < -0.4 is 5.73 Å². The highest BCUT2D eigenvalue weighted by Gasteiger charge is 2.39. The molecule has 0 amide bonds. The summed E-state index contributed by atoms with van der Waals surface area (Å²) in [6.45, 7) is 0.962. The van der Waals surface area contributed by atoms with Crippen LogP contribution in [-0.2, 0) is 11.3 Å². The lowest BCUT2D eigenvalue weighted by molar-refractivity contribution is 0.0600. The Balaban J connectivity index is 1.68. The first-order chi connectivity index (χ1) is 9.67. The Morgan fingerprint density at radius 3 is 2.40 bits per heavy atom. The van der Waals surface area contributed by atoms with E-state index in [0.717, 1.165) is 19.4 Å². The lowest BCUT2D eigenvalue weighted by Gasteiger charge is -2.37. The summed E-state index contributed by atoms with van der Waals surface area (Å²) in [7, 11) is 1.41. The van der Waals surface area contributed by atoms with Crippen LogP contribution in [0.1, 0.15) is 41.6 Å². The Labute approximate surface area is 119 Å². The van der Waals surface area contributed by atoms with Crippen molar-refractivity contribution < 1.29 is 9.53 Å². The van der Waals surface area contributed by atoms with E-state index in [2.05, 4.69) is 4.90 Å². The molecule has 2 aliphatic rings. The average Bonchev–Trinajstić information content (AvgIpc) is 2.70. The molecule has 2 atom stereocenters. The van der Waals surface area contributed by atoms with Gasteiger partial charge in [-0.05, 0) is 43.4 Å². The number of nitrogens with two attached hydrogens (primary N) is 1. The van der Waals surface area contributed by atoms with Gasteiger partial charge in [-0.3, -0.25) is 4.90 Å². The molecule has 0 aromatic heterocycles. The second kappa shape index (κ2) is 5.54. The number of ether oxygens (including phenoxy) is 1. The fourth-order valence-electron chi connectivity index (χ4n) is 3.65. The summed E-state index contributed by atoms with van der Waals surface area (Å²) in [6.07, 6.45) is 4.80. The van der Waals surface area contributed by atoms with Crippen LogP contribution in [-0.4, -0.2) is 36.1 Å². The van der Waals surface area contributed by atoms with Gasteiger partial charge in [-0.1, -0.05) is 12.1 Å². The van der Waals surface area contributed by atoms with Gasteiger partial charge in [0.25, 0.3) is 0 Å². The number of piperidine rings is 1. The Hall–Kier alpha value is -1.39. The molecule has 20 heavy (non-hydrogen) atoms. The number of carbonyl (C=O) groups excluding carboxylic acids is 1. The molecular weight excluding hydrogens is 252 g/mol. The molecule has 108 valence electrons. The molecule has 0 saturated carbocycles. The van der Waals surface area contributed by atoms with Gasteiger partial charge in [-0.2, -0.15) is 0 Å². The first kappa shape index (κ1) is 13.6. The number of hydrogen-bond donors (Lipinski definition) is 1. The SMILES string of the molecule is COC(=O)c1ccc(CN2C3CCC2CC(N)C3)cc1. The quantitative estimate of drug-likeness (QED) is 0.856.